The Balaban J connectivity index is 1.68. The van der Waals surface area contributed by atoms with Crippen LogP contribution in [0.5, 0.6) is 5.75 Å². The van der Waals surface area contributed by atoms with Crippen LogP contribution >= 0.6 is 11.8 Å². The van der Waals surface area contributed by atoms with E-state index >= 15 is 0 Å². The fourth-order valence-corrected chi connectivity index (χ4v) is 3.92. The number of pyridine rings is 1. The number of benzene rings is 1. The molecule has 1 unspecified atom stereocenters. The molecular weight excluding hydrogens is 388 g/mol. The van der Waals surface area contributed by atoms with Gasteiger partial charge in [-0.25, -0.2) is 4.79 Å². The van der Waals surface area contributed by atoms with E-state index in [1.54, 1.807) is 30.8 Å². The van der Waals surface area contributed by atoms with Crippen LogP contribution in [0.25, 0.3) is 16.6 Å². The van der Waals surface area contributed by atoms with E-state index in [1.165, 1.54) is 6.07 Å². The Morgan fingerprint density at radius 3 is 2.97 bits per heavy atom. The molecule has 0 radical (unpaired) electrons. The lowest BCUT2D eigenvalue weighted by Crippen LogP contribution is -2.24. The molecule has 0 aliphatic rings. The number of aromatic hydroxyl groups is 1. The van der Waals surface area contributed by atoms with E-state index in [9.17, 15) is 9.90 Å². The van der Waals surface area contributed by atoms with Crippen molar-refractivity contribution in [3.05, 3.63) is 70.0 Å². The molecule has 3 heterocycles. The van der Waals surface area contributed by atoms with E-state index in [0.717, 1.165) is 34.6 Å². The number of hydrogen-bond donors (Lipinski definition) is 2. The largest absolute Gasteiger partial charge is 0.508 e. The predicted molar refractivity (Wildman–Crippen MR) is 114 cm³/mol. The van der Waals surface area contributed by atoms with E-state index in [-0.39, 0.29) is 11.8 Å². The number of aryl methyl sites for hydroxylation is 1. The number of aromatic nitrogens is 3. The second-order valence-electron chi connectivity index (χ2n) is 6.88. The van der Waals surface area contributed by atoms with Gasteiger partial charge < -0.3 is 14.8 Å². The average Bonchev–Trinajstić information content (AvgIpc) is 3.15. The van der Waals surface area contributed by atoms with Crippen LogP contribution in [-0.4, -0.2) is 31.7 Å². The first-order chi connectivity index (χ1) is 14.1. The molecule has 2 N–H and O–H groups in total. The van der Waals surface area contributed by atoms with Crippen LogP contribution in [0.1, 0.15) is 29.4 Å². The molecule has 150 valence electrons. The minimum atomic E-state index is -0.434. The topological polar surface area (TPSA) is 92.7 Å². The third kappa shape index (κ3) is 3.86. The summed E-state index contributed by atoms with van der Waals surface area (Å²) < 4.78 is 7.33. The Labute approximate surface area is 171 Å². The quantitative estimate of drug-likeness (QED) is 0.451. The number of rotatable bonds is 7. The summed E-state index contributed by atoms with van der Waals surface area (Å²) in [5.41, 5.74) is 2.17. The Morgan fingerprint density at radius 2 is 2.14 bits per heavy atom. The highest BCUT2D eigenvalue weighted by atomic mass is 32.2. The van der Waals surface area contributed by atoms with E-state index in [4.69, 9.17) is 4.42 Å². The van der Waals surface area contributed by atoms with E-state index in [1.807, 2.05) is 28.8 Å². The first kappa shape index (κ1) is 19.5. The van der Waals surface area contributed by atoms with Crippen molar-refractivity contribution in [3.8, 4) is 5.75 Å². The lowest BCUT2D eigenvalue weighted by atomic mass is 10.1. The molecule has 0 amide bonds. The molecule has 29 heavy (non-hydrogen) atoms. The van der Waals surface area contributed by atoms with Crippen LogP contribution in [0.15, 0.2) is 51.8 Å². The van der Waals surface area contributed by atoms with E-state index in [0.29, 0.717) is 17.7 Å². The van der Waals surface area contributed by atoms with E-state index in [2.05, 4.69) is 21.8 Å². The number of nitrogens with zero attached hydrogens (tertiary/aromatic N) is 3. The van der Waals surface area contributed by atoms with Gasteiger partial charge in [0.15, 0.2) is 11.5 Å². The molecule has 0 saturated heterocycles. The molecule has 7 nitrogen and oxygen atoms in total. The van der Waals surface area contributed by atoms with Crippen LogP contribution in [0.4, 0.5) is 0 Å². The standard InChI is InChI=1S/C21H22N4O3S/c1-13-17(26)7-6-15-14(11-19(27)28-20(13)15)12-22-16(8-10-29-2)21-24-23-18-5-3-4-9-25(18)21/h3-7,9,11,16,22,26H,8,10,12H2,1-2H3. The van der Waals surface area contributed by atoms with Crippen molar-refractivity contribution in [2.45, 2.75) is 25.9 Å². The van der Waals surface area contributed by atoms with Gasteiger partial charge in [-0.3, -0.25) is 4.40 Å². The zero-order chi connectivity index (χ0) is 20.4. The Hall–Kier alpha value is -2.84. The van der Waals surface area contributed by atoms with Crippen LogP contribution in [0, 0.1) is 6.92 Å². The number of nitrogens with one attached hydrogen (secondary N) is 1. The summed E-state index contributed by atoms with van der Waals surface area (Å²) in [6.45, 7) is 2.20. The molecule has 0 aliphatic carbocycles. The van der Waals surface area contributed by atoms with Gasteiger partial charge in [0.05, 0.1) is 6.04 Å². The Kier molecular flexibility index (Phi) is 5.55. The van der Waals surface area contributed by atoms with Crippen molar-refractivity contribution in [1.29, 1.82) is 0 Å². The average molecular weight is 410 g/mol. The number of phenols is 1. The van der Waals surface area contributed by atoms with Gasteiger partial charge in [0.25, 0.3) is 0 Å². The zero-order valence-corrected chi connectivity index (χ0v) is 17.1. The molecular formula is C21H22N4O3S. The highest BCUT2D eigenvalue weighted by Crippen LogP contribution is 2.28. The predicted octanol–water partition coefficient (Wildman–Crippen LogP) is 3.43. The van der Waals surface area contributed by atoms with Gasteiger partial charge >= 0.3 is 5.63 Å². The first-order valence-corrected chi connectivity index (χ1v) is 10.7. The molecule has 1 atom stereocenters. The second-order valence-corrected chi connectivity index (χ2v) is 7.86. The normalized spacial score (nSPS) is 12.6. The van der Waals surface area contributed by atoms with Crippen LogP contribution < -0.4 is 10.9 Å². The number of hydrogen-bond acceptors (Lipinski definition) is 7. The van der Waals surface area contributed by atoms with Crippen LogP contribution in [0.3, 0.4) is 0 Å². The Morgan fingerprint density at radius 1 is 1.28 bits per heavy atom. The summed E-state index contributed by atoms with van der Waals surface area (Å²) in [6.07, 6.45) is 4.90. The van der Waals surface area contributed by atoms with Crippen molar-refractivity contribution in [1.82, 2.24) is 19.9 Å². The molecule has 4 rings (SSSR count). The van der Waals surface area contributed by atoms with Crippen molar-refractivity contribution in [3.63, 3.8) is 0 Å². The highest BCUT2D eigenvalue weighted by Gasteiger charge is 2.19. The van der Waals surface area contributed by atoms with Gasteiger partial charge in [-0.2, -0.15) is 11.8 Å². The molecule has 0 aliphatic heterocycles. The maximum absolute atomic E-state index is 12.1. The smallest absolute Gasteiger partial charge is 0.336 e. The monoisotopic (exact) mass is 410 g/mol. The number of phenolic OH excluding ortho intramolecular Hbond substituents is 1. The van der Waals surface area contributed by atoms with Gasteiger partial charge in [0.1, 0.15) is 11.3 Å². The summed E-state index contributed by atoms with van der Waals surface area (Å²) >= 11 is 1.77. The van der Waals surface area contributed by atoms with Gasteiger partial charge in [-0.15, -0.1) is 10.2 Å². The molecule has 3 aromatic heterocycles. The van der Waals surface area contributed by atoms with E-state index < -0.39 is 5.63 Å². The summed E-state index contributed by atoms with van der Waals surface area (Å²) in [7, 11) is 0. The zero-order valence-electron chi connectivity index (χ0n) is 16.3. The summed E-state index contributed by atoms with van der Waals surface area (Å²) in [6, 6.07) is 10.7. The molecule has 0 fully saturated rings. The second kappa shape index (κ2) is 8.26. The van der Waals surface area contributed by atoms with Crippen LogP contribution in [-0.2, 0) is 6.54 Å². The minimum Gasteiger partial charge on any atom is -0.508 e. The lowest BCUT2D eigenvalue weighted by Gasteiger charge is -2.18. The SMILES string of the molecule is CSCCC(NCc1cc(=O)oc2c(C)c(O)ccc12)c1nnc2ccccn12. The third-order valence-electron chi connectivity index (χ3n) is 5.02. The van der Waals surface area contributed by atoms with Crippen molar-refractivity contribution >= 4 is 28.4 Å². The maximum Gasteiger partial charge on any atom is 0.336 e. The fraction of sp³-hybridized carbons (Fsp3) is 0.286. The van der Waals surface area contributed by atoms with Crippen molar-refractivity contribution in [2.75, 3.05) is 12.0 Å². The van der Waals surface area contributed by atoms with Crippen LogP contribution in [0.2, 0.25) is 0 Å². The first-order valence-electron chi connectivity index (χ1n) is 9.35. The van der Waals surface area contributed by atoms with Crippen molar-refractivity contribution in [2.24, 2.45) is 0 Å². The van der Waals surface area contributed by atoms with Gasteiger partial charge in [0, 0.05) is 29.8 Å². The minimum absolute atomic E-state index is 0.0274. The molecule has 0 bridgehead atoms. The summed E-state index contributed by atoms with van der Waals surface area (Å²) in [5.74, 6) is 1.92. The molecule has 0 saturated carbocycles. The summed E-state index contributed by atoms with van der Waals surface area (Å²) in [5, 5.41) is 22.9. The van der Waals surface area contributed by atoms with Gasteiger partial charge in [0.2, 0.25) is 0 Å². The number of fused-ring (bicyclic) bond motifs is 2. The molecule has 1 aromatic carbocycles. The van der Waals surface area contributed by atoms with Crippen molar-refractivity contribution < 1.29 is 9.52 Å². The lowest BCUT2D eigenvalue weighted by molar-refractivity contribution is 0.467. The fourth-order valence-electron chi connectivity index (χ4n) is 3.45. The Bertz CT molecular complexity index is 1220. The third-order valence-corrected chi connectivity index (χ3v) is 5.66. The molecule has 4 aromatic rings. The molecule has 8 heteroatoms. The highest BCUT2D eigenvalue weighted by molar-refractivity contribution is 7.98. The van der Waals surface area contributed by atoms with Gasteiger partial charge in [-0.05, 0) is 55.2 Å². The number of thioether (sulfide) groups is 1. The summed E-state index contributed by atoms with van der Waals surface area (Å²) in [4.78, 5) is 12.1. The molecule has 0 spiro atoms. The van der Waals surface area contributed by atoms with Gasteiger partial charge in [-0.1, -0.05) is 6.07 Å². The maximum atomic E-state index is 12.1.